The van der Waals surface area contributed by atoms with Gasteiger partial charge in [-0.25, -0.2) is 0 Å². The number of anilines is 5. The number of rotatable bonds is 6. The van der Waals surface area contributed by atoms with Gasteiger partial charge in [-0.3, -0.25) is 9.59 Å². The number of amides is 1. The van der Waals surface area contributed by atoms with Gasteiger partial charge in [0.15, 0.2) is 11.6 Å². The lowest BCUT2D eigenvalue weighted by Gasteiger charge is -2.09. The Morgan fingerprint density at radius 2 is 1.41 bits per heavy atom. The van der Waals surface area contributed by atoms with Gasteiger partial charge in [0, 0.05) is 29.5 Å². The lowest BCUT2D eigenvalue weighted by Crippen LogP contribution is -2.06. The van der Waals surface area contributed by atoms with Gasteiger partial charge in [0.05, 0.1) is 6.20 Å². The molecule has 1 aromatic heterocycles. The third-order valence-corrected chi connectivity index (χ3v) is 3.58. The minimum Gasteiger partial charge on any atom is -0.339 e. The van der Waals surface area contributed by atoms with E-state index in [1.54, 1.807) is 48.5 Å². The van der Waals surface area contributed by atoms with Crippen LogP contribution < -0.4 is 16.0 Å². The van der Waals surface area contributed by atoms with Crippen LogP contribution in [-0.4, -0.2) is 26.9 Å². The smallest absolute Gasteiger partial charge is 0.249 e. The van der Waals surface area contributed by atoms with Crippen LogP contribution >= 0.6 is 0 Å². The van der Waals surface area contributed by atoms with Crippen molar-refractivity contribution in [1.82, 2.24) is 15.2 Å². The number of carbonyl (C=O) groups excluding carboxylic acids is 2. The monoisotopic (exact) mass is 362 g/mol. The molecule has 1 heterocycles. The Bertz CT molecular complexity index is 955. The van der Waals surface area contributed by atoms with E-state index >= 15 is 0 Å². The van der Waals surface area contributed by atoms with Gasteiger partial charge in [0.1, 0.15) is 0 Å². The molecule has 0 aliphatic carbocycles. The van der Waals surface area contributed by atoms with Crippen molar-refractivity contribution in [2.75, 3.05) is 16.0 Å². The fraction of sp³-hybridized carbons (Fsp3) is 0.105. The van der Waals surface area contributed by atoms with Gasteiger partial charge in [0.25, 0.3) is 0 Å². The highest BCUT2D eigenvalue weighted by atomic mass is 16.1. The van der Waals surface area contributed by atoms with Gasteiger partial charge in [-0.2, -0.15) is 10.1 Å². The lowest BCUT2D eigenvalue weighted by molar-refractivity contribution is -0.114. The number of hydrogen-bond donors (Lipinski definition) is 3. The molecule has 0 fully saturated rings. The fourth-order valence-corrected chi connectivity index (χ4v) is 2.32. The number of ketones is 1. The van der Waals surface area contributed by atoms with Crippen molar-refractivity contribution in [3.05, 3.63) is 60.3 Å². The molecule has 3 rings (SSSR count). The summed E-state index contributed by atoms with van der Waals surface area (Å²) >= 11 is 0. The van der Waals surface area contributed by atoms with Gasteiger partial charge < -0.3 is 16.0 Å². The molecule has 136 valence electrons. The molecule has 3 aromatic rings. The van der Waals surface area contributed by atoms with Crippen molar-refractivity contribution in [3.63, 3.8) is 0 Å². The van der Waals surface area contributed by atoms with E-state index in [1.165, 1.54) is 20.0 Å². The van der Waals surface area contributed by atoms with Crippen LogP contribution in [0.4, 0.5) is 28.8 Å². The number of benzene rings is 2. The topological polar surface area (TPSA) is 109 Å². The number of carbonyl (C=O) groups is 2. The maximum Gasteiger partial charge on any atom is 0.249 e. The number of nitrogens with zero attached hydrogens (tertiary/aromatic N) is 3. The summed E-state index contributed by atoms with van der Waals surface area (Å²) < 4.78 is 0. The minimum atomic E-state index is -0.127. The van der Waals surface area contributed by atoms with E-state index in [9.17, 15) is 9.59 Å². The molecule has 0 spiro atoms. The van der Waals surface area contributed by atoms with Gasteiger partial charge >= 0.3 is 0 Å². The summed E-state index contributed by atoms with van der Waals surface area (Å²) in [7, 11) is 0. The highest BCUT2D eigenvalue weighted by Crippen LogP contribution is 2.19. The van der Waals surface area contributed by atoms with Crippen molar-refractivity contribution in [3.8, 4) is 0 Å². The first-order chi connectivity index (χ1) is 13.0. The second-order valence-electron chi connectivity index (χ2n) is 5.81. The van der Waals surface area contributed by atoms with Crippen LogP contribution in [-0.2, 0) is 4.79 Å². The third-order valence-electron chi connectivity index (χ3n) is 3.58. The summed E-state index contributed by atoms with van der Waals surface area (Å²) in [6, 6.07) is 14.2. The fourth-order valence-electron chi connectivity index (χ4n) is 2.32. The van der Waals surface area contributed by atoms with Crippen molar-refractivity contribution in [2.45, 2.75) is 13.8 Å². The second kappa shape index (κ2) is 8.05. The minimum absolute atomic E-state index is 0.0151. The summed E-state index contributed by atoms with van der Waals surface area (Å²) in [5.41, 5.74) is 2.89. The van der Waals surface area contributed by atoms with E-state index in [4.69, 9.17) is 0 Å². The lowest BCUT2D eigenvalue weighted by atomic mass is 10.1. The van der Waals surface area contributed by atoms with Crippen LogP contribution in [0.5, 0.6) is 0 Å². The summed E-state index contributed by atoms with van der Waals surface area (Å²) in [5.74, 6) is 0.727. The Labute approximate surface area is 156 Å². The zero-order valence-corrected chi connectivity index (χ0v) is 14.9. The molecular formula is C19H18N6O2. The maximum absolute atomic E-state index is 11.3. The Morgan fingerprint density at radius 3 is 2.04 bits per heavy atom. The highest BCUT2D eigenvalue weighted by molar-refractivity contribution is 5.94. The first kappa shape index (κ1) is 18.0. The van der Waals surface area contributed by atoms with E-state index < -0.39 is 0 Å². The van der Waals surface area contributed by atoms with Gasteiger partial charge in [-0.05, 0) is 55.5 Å². The van der Waals surface area contributed by atoms with E-state index in [2.05, 4.69) is 31.1 Å². The van der Waals surface area contributed by atoms with Crippen molar-refractivity contribution >= 4 is 40.5 Å². The van der Waals surface area contributed by atoms with Crippen molar-refractivity contribution < 1.29 is 9.59 Å². The first-order valence-electron chi connectivity index (χ1n) is 8.22. The molecule has 0 aliphatic rings. The predicted octanol–water partition coefficient (Wildman–Crippen LogP) is 3.52. The van der Waals surface area contributed by atoms with Crippen molar-refractivity contribution in [2.24, 2.45) is 0 Å². The normalized spacial score (nSPS) is 10.1. The van der Waals surface area contributed by atoms with Crippen LogP contribution in [0.15, 0.2) is 54.7 Å². The molecule has 1 amide bonds. The molecule has 0 unspecified atom stereocenters. The molecule has 0 aliphatic heterocycles. The highest BCUT2D eigenvalue weighted by Gasteiger charge is 2.04. The Balaban J connectivity index is 1.68. The molecule has 27 heavy (non-hydrogen) atoms. The molecule has 0 saturated heterocycles. The molecule has 0 bridgehead atoms. The standard InChI is InChI=1S/C19H18N6O2/c1-12(26)14-3-5-16(6-4-14)22-18-11-20-25-19(24-18)23-17-9-7-15(8-10-17)21-13(2)27/h3-11H,1-2H3,(H,21,27)(H2,22,23,24,25). The molecule has 8 nitrogen and oxygen atoms in total. The van der Waals surface area contributed by atoms with Gasteiger partial charge in [-0.1, -0.05) is 0 Å². The van der Waals surface area contributed by atoms with Crippen molar-refractivity contribution in [1.29, 1.82) is 0 Å². The Kier molecular flexibility index (Phi) is 5.36. The van der Waals surface area contributed by atoms with E-state index in [0.717, 1.165) is 11.4 Å². The number of aromatic nitrogens is 3. The largest absolute Gasteiger partial charge is 0.339 e. The summed E-state index contributed by atoms with van der Waals surface area (Å²) in [6.07, 6.45) is 1.50. The summed E-state index contributed by atoms with van der Waals surface area (Å²) in [5, 5.41) is 16.8. The van der Waals surface area contributed by atoms with Gasteiger partial charge in [0.2, 0.25) is 11.9 Å². The SMILES string of the molecule is CC(=O)Nc1ccc(Nc2nncc(Nc3ccc(C(C)=O)cc3)n2)cc1. The van der Waals surface area contributed by atoms with Crippen LogP contribution in [0.25, 0.3) is 0 Å². The number of hydrogen-bond acceptors (Lipinski definition) is 7. The van der Waals surface area contributed by atoms with Gasteiger partial charge in [-0.15, -0.1) is 5.10 Å². The zero-order valence-electron chi connectivity index (χ0n) is 14.9. The summed E-state index contributed by atoms with van der Waals surface area (Å²) in [6.45, 7) is 2.98. The van der Waals surface area contributed by atoms with E-state index in [-0.39, 0.29) is 11.7 Å². The molecule has 0 atom stereocenters. The zero-order chi connectivity index (χ0) is 19.2. The predicted molar refractivity (Wildman–Crippen MR) is 104 cm³/mol. The Morgan fingerprint density at radius 1 is 0.815 bits per heavy atom. The average Bonchev–Trinajstić information content (AvgIpc) is 2.64. The first-order valence-corrected chi connectivity index (χ1v) is 8.22. The third kappa shape index (κ3) is 5.08. The van der Waals surface area contributed by atoms with Crippen LogP contribution in [0.3, 0.4) is 0 Å². The second-order valence-corrected chi connectivity index (χ2v) is 5.81. The quantitative estimate of drug-likeness (QED) is 0.576. The molecule has 0 radical (unpaired) electrons. The molecular weight excluding hydrogens is 344 g/mol. The average molecular weight is 362 g/mol. The molecule has 3 N–H and O–H groups in total. The summed E-state index contributed by atoms with van der Waals surface area (Å²) in [4.78, 5) is 26.7. The molecule has 0 saturated carbocycles. The number of nitrogens with one attached hydrogen (secondary N) is 3. The van der Waals surface area contributed by atoms with E-state index in [0.29, 0.717) is 23.0 Å². The number of Topliss-reactive ketones (excluding diaryl/α,β-unsaturated/α-hetero) is 1. The molecule has 8 heteroatoms. The maximum atomic E-state index is 11.3. The van der Waals surface area contributed by atoms with Crippen LogP contribution in [0.1, 0.15) is 24.2 Å². The van der Waals surface area contributed by atoms with Crippen LogP contribution in [0, 0.1) is 0 Å². The Hall–Kier alpha value is -3.81. The van der Waals surface area contributed by atoms with E-state index in [1.807, 2.05) is 0 Å². The molecule has 2 aromatic carbocycles. The van der Waals surface area contributed by atoms with Crippen LogP contribution in [0.2, 0.25) is 0 Å².